The number of amides is 11. The maximum Gasteiger partial charge on any atom is 0.246 e. The van der Waals surface area contributed by atoms with Crippen LogP contribution in [-0.4, -0.2) is 238 Å². The van der Waals surface area contributed by atoms with Gasteiger partial charge in [-0.3, -0.25) is 52.7 Å². The van der Waals surface area contributed by atoms with Gasteiger partial charge in [0.25, 0.3) is 0 Å². The molecule has 4 N–H and O–H groups in total. The third kappa shape index (κ3) is 23.0. The number of allylic oxidation sites excluding steroid dienone is 2. The van der Waals surface area contributed by atoms with Gasteiger partial charge in [0.05, 0.1) is 12.6 Å². The molecule has 0 radical (unpaired) electrons. The molecule has 11 amide bonds. The van der Waals surface area contributed by atoms with E-state index in [0.29, 0.717) is 6.42 Å². The summed E-state index contributed by atoms with van der Waals surface area (Å²) in [5, 5.41) is 20.5. The first-order valence-electron chi connectivity index (χ1n) is 33.8. The fraction of sp³-hybridized carbons (Fsp3) is 0.704. The minimum Gasteiger partial charge on any atom is -0.390 e. The highest BCUT2D eigenvalue weighted by Crippen LogP contribution is 2.27. The Morgan fingerprint density at radius 1 is 0.479 bits per heavy atom. The number of hydrogen-bond donors (Lipinski definition) is 4. The number of likely N-dealkylation sites (N-methyl/N-ethyl adjacent to an activating group) is 7. The number of rotatable bonds is 18. The lowest BCUT2D eigenvalue weighted by atomic mass is 9.91. The van der Waals surface area contributed by atoms with E-state index >= 15 is 24.0 Å². The zero-order valence-electron chi connectivity index (χ0n) is 61.3. The van der Waals surface area contributed by atoms with Crippen LogP contribution in [0.25, 0.3) is 6.08 Å². The third-order valence-corrected chi connectivity index (χ3v) is 17.7. The fourth-order valence-electron chi connectivity index (χ4n) is 12.1. The molecule has 1 aliphatic rings. The first-order valence-corrected chi connectivity index (χ1v) is 33.8. The number of benzene rings is 1. The van der Waals surface area contributed by atoms with Crippen molar-refractivity contribution in [1.82, 2.24) is 55.1 Å². The lowest BCUT2D eigenvalue weighted by molar-refractivity contribution is -0.157. The van der Waals surface area contributed by atoms with Gasteiger partial charge in [-0.2, -0.15) is 0 Å². The first-order chi connectivity index (χ1) is 43.7. The predicted molar refractivity (Wildman–Crippen MR) is 367 cm³/mol. The highest BCUT2D eigenvalue weighted by Gasteiger charge is 2.46. The van der Waals surface area contributed by atoms with E-state index in [-0.39, 0.29) is 62.3 Å². The van der Waals surface area contributed by atoms with Gasteiger partial charge in [0.1, 0.15) is 60.4 Å². The smallest absolute Gasteiger partial charge is 0.246 e. The van der Waals surface area contributed by atoms with Gasteiger partial charge in [0.15, 0.2) is 0 Å². The molecule has 1 aromatic rings. The molecule has 1 saturated heterocycles. The molecule has 0 bridgehead atoms. The lowest BCUT2D eigenvalue weighted by Gasteiger charge is -2.41. The van der Waals surface area contributed by atoms with E-state index in [2.05, 4.69) is 16.0 Å². The predicted octanol–water partition coefficient (Wildman–Crippen LogP) is 5.69. The Labute approximate surface area is 562 Å². The summed E-state index contributed by atoms with van der Waals surface area (Å²) < 4.78 is 0. The maximum absolute atomic E-state index is 15.6. The van der Waals surface area contributed by atoms with Crippen LogP contribution in [0, 0.1) is 41.4 Å². The number of aliphatic hydroxyl groups is 1. The molecule has 23 heteroatoms. The van der Waals surface area contributed by atoms with Crippen molar-refractivity contribution in [3.63, 3.8) is 0 Å². The monoisotopic (exact) mass is 1320 g/mol. The number of nitrogens with one attached hydrogen (secondary N) is 3. The Bertz CT molecular complexity index is 2770. The molecular weight excluding hydrogens is 1200 g/mol. The molecule has 1 aromatic carbocycles. The molecule has 0 aromatic heterocycles. The second-order valence-corrected chi connectivity index (χ2v) is 28.4. The van der Waals surface area contributed by atoms with Gasteiger partial charge in [-0.1, -0.05) is 152 Å². The molecule has 1 fully saturated rings. The summed E-state index contributed by atoms with van der Waals surface area (Å²) in [6, 6.07) is -3.22. The summed E-state index contributed by atoms with van der Waals surface area (Å²) in [5.41, 5.74) is 0.817. The summed E-state index contributed by atoms with van der Waals surface area (Å²) in [5.74, 6) is -9.80. The van der Waals surface area contributed by atoms with Crippen molar-refractivity contribution in [2.75, 3.05) is 62.4 Å². The third-order valence-electron chi connectivity index (χ3n) is 17.7. The summed E-state index contributed by atoms with van der Waals surface area (Å²) in [6.45, 7) is 29.5. The van der Waals surface area contributed by atoms with Gasteiger partial charge in [-0.25, -0.2) is 0 Å². The minimum atomic E-state index is -1.63. The van der Waals surface area contributed by atoms with Crippen molar-refractivity contribution in [1.29, 1.82) is 0 Å². The first kappa shape index (κ1) is 82.9. The minimum absolute atomic E-state index is 0.0105. The molecule has 2 rings (SSSR count). The van der Waals surface area contributed by atoms with Crippen molar-refractivity contribution in [3.8, 4) is 0 Å². The topological polar surface area (TPSA) is 270 Å². The number of nitrogens with zero attached hydrogens (tertiary/aromatic N) is 8. The number of aliphatic hydroxyl groups excluding tert-OH is 1. The zero-order chi connectivity index (χ0) is 72.1. The molecule has 0 unspecified atom stereocenters. The van der Waals surface area contributed by atoms with Gasteiger partial charge in [0, 0.05) is 55.9 Å². The van der Waals surface area contributed by atoms with Crippen LogP contribution < -0.4 is 16.0 Å². The highest BCUT2D eigenvalue weighted by molar-refractivity contribution is 5.99. The van der Waals surface area contributed by atoms with Crippen LogP contribution >= 0.6 is 0 Å². The molecule has 94 heavy (non-hydrogen) atoms. The summed E-state index contributed by atoms with van der Waals surface area (Å²) in [6.07, 6.45) is 6.52. The van der Waals surface area contributed by atoms with Crippen LogP contribution in [0.5, 0.6) is 0 Å². The van der Waals surface area contributed by atoms with Crippen molar-refractivity contribution in [2.24, 2.45) is 41.4 Å². The SMILES string of the molecule is C/C=C/C[C@@H](C)[C@@H](O)[C@H]1C(=O)N[C@@H](CC)C(=O)N(C)CC(=O)N(C)[C@@H](CC(C)C)C(=O)N(C/C=C/c2ccccc2)[C@@H](C(C)C)C(=O)N(C)[C@@H](CC(C)C)C(=O)N[C@@H](C)C(=O)N[C@H](C)C(=O)N(C)[C@@H](CC(C)C)C(=O)N(C)[C@@H](CC(C)C)C(=O)N(C)[C@@H](C(C)C)C(=O)N1C. The van der Waals surface area contributed by atoms with Crippen molar-refractivity contribution in [2.45, 2.75) is 223 Å². The van der Waals surface area contributed by atoms with E-state index in [4.69, 9.17) is 0 Å². The fourth-order valence-corrected chi connectivity index (χ4v) is 12.1. The quantitative estimate of drug-likeness (QED) is 0.129. The van der Waals surface area contributed by atoms with Crippen LogP contribution in [0.2, 0.25) is 0 Å². The molecule has 1 heterocycles. The Balaban J connectivity index is 3.11. The molecule has 0 saturated carbocycles. The van der Waals surface area contributed by atoms with E-state index < -0.39 is 156 Å². The van der Waals surface area contributed by atoms with E-state index in [9.17, 15) is 33.9 Å². The van der Waals surface area contributed by atoms with Crippen LogP contribution in [0.15, 0.2) is 48.6 Å². The summed E-state index contributed by atoms with van der Waals surface area (Å²) >= 11 is 0. The Kier molecular flexibility index (Phi) is 33.9. The average Bonchev–Trinajstić information content (AvgIpc) is 0.809. The van der Waals surface area contributed by atoms with Gasteiger partial charge >= 0.3 is 0 Å². The molecule has 1 aliphatic heterocycles. The van der Waals surface area contributed by atoms with E-state index in [1.54, 1.807) is 60.6 Å². The van der Waals surface area contributed by atoms with Crippen LogP contribution in [0.4, 0.5) is 0 Å². The van der Waals surface area contributed by atoms with E-state index in [1.165, 1.54) is 92.6 Å². The van der Waals surface area contributed by atoms with Crippen molar-refractivity contribution in [3.05, 3.63) is 54.1 Å². The van der Waals surface area contributed by atoms with Gasteiger partial charge in [-0.05, 0) is 106 Å². The van der Waals surface area contributed by atoms with Crippen LogP contribution in [0.1, 0.15) is 162 Å². The average molecular weight is 1320 g/mol. The van der Waals surface area contributed by atoms with Gasteiger partial charge < -0.3 is 60.3 Å². The van der Waals surface area contributed by atoms with E-state index in [0.717, 1.165) is 15.4 Å². The van der Waals surface area contributed by atoms with Gasteiger partial charge in [-0.15, -0.1) is 0 Å². The molecular formula is C71H119N11O12. The maximum atomic E-state index is 15.6. The van der Waals surface area contributed by atoms with Crippen molar-refractivity contribution >= 4 is 71.1 Å². The number of carbonyl (C=O) groups is 11. The number of hydrogen-bond acceptors (Lipinski definition) is 12. The summed E-state index contributed by atoms with van der Waals surface area (Å²) in [4.78, 5) is 174. The van der Waals surface area contributed by atoms with Crippen LogP contribution in [0.3, 0.4) is 0 Å². The summed E-state index contributed by atoms with van der Waals surface area (Å²) in [7, 11) is 10.0. The Morgan fingerprint density at radius 3 is 1.39 bits per heavy atom. The zero-order valence-corrected chi connectivity index (χ0v) is 61.3. The highest BCUT2D eigenvalue weighted by atomic mass is 16.3. The molecule has 23 nitrogen and oxygen atoms in total. The standard InChI is InChI=1S/C71H119N11O12/c1-25-27-32-48(15)61(84)60-64(87)74-52(26-2)66(89)75(18)41-57(83)76(19)56(40-45(9)10)69(92)82(36-31-35-51-33-29-28-30-34-51)59(47(13)14)71(94)77(20)53(37-42(3)4)63(86)72-49(16)62(85)73-50(17)65(88)78(21)54(38-43(5)6)67(90)79(22)55(39-44(7)8)68(91)80(23)58(46(11)12)70(93)81(60)24/h25,27-31,33-35,42-50,52-56,58-61,84H,26,32,36-41H2,1-24H3,(H,72,86)(H,73,85)(H,74,87)/b27-25+,35-31+/t48-,49+,50-,52+,53+,54+,55+,56+,58+,59+,60+,61-/m1/s1. The normalized spacial score (nSPS) is 25.6. The Hall–Kier alpha value is -7.17. The lowest BCUT2D eigenvalue weighted by Crippen LogP contribution is -2.63. The molecule has 0 spiro atoms. The largest absolute Gasteiger partial charge is 0.390 e. The van der Waals surface area contributed by atoms with Crippen LogP contribution in [-0.2, 0) is 52.7 Å². The molecule has 12 atom stereocenters. The molecule has 530 valence electrons. The number of carbonyl (C=O) groups excluding carboxylic acids is 11. The van der Waals surface area contributed by atoms with E-state index in [1.807, 2.05) is 97.9 Å². The molecule has 0 aliphatic carbocycles. The Morgan fingerprint density at radius 2 is 0.915 bits per heavy atom. The van der Waals surface area contributed by atoms with Crippen molar-refractivity contribution < 1.29 is 57.8 Å². The van der Waals surface area contributed by atoms with Gasteiger partial charge in [0.2, 0.25) is 65.0 Å². The second kappa shape index (κ2) is 38.4. The second-order valence-electron chi connectivity index (χ2n) is 28.4.